The van der Waals surface area contributed by atoms with E-state index in [-0.39, 0.29) is 17.2 Å². The van der Waals surface area contributed by atoms with E-state index in [1.807, 2.05) is 0 Å². The number of aromatic nitrogens is 2. The lowest BCUT2D eigenvalue weighted by atomic mass is 10.2. The second kappa shape index (κ2) is 9.54. The van der Waals surface area contributed by atoms with E-state index in [1.165, 1.54) is 11.8 Å². The van der Waals surface area contributed by atoms with Crippen molar-refractivity contribution in [2.75, 3.05) is 24.8 Å². The van der Waals surface area contributed by atoms with Crippen LogP contribution in [0.2, 0.25) is 10.0 Å². The molecular formula is C18H19Cl2N3O3S2. The van der Waals surface area contributed by atoms with Gasteiger partial charge in [0.25, 0.3) is 5.56 Å². The molecular weight excluding hydrogens is 441 g/mol. The van der Waals surface area contributed by atoms with Crippen LogP contribution in [0, 0.1) is 0 Å². The van der Waals surface area contributed by atoms with Gasteiger partial charge in [-0.2, -0.15) is 0 Å². The van der Waals surface area contributed by atoms with Crippen LogP contribution in [0.5, 0.6) is 0 Å². The lowest BCUT2D eigenvalue weighted by Crippen LogP contribution is -2.27. The number of halogens is 2. The van der Waals surface area contributed by atoms with Gasteiger partial charge >= 0.3 is 0 Å². The number of hydrogen-bond acceptors (Lipinski definition) is 6. The molecule has 1 atom stereocenters. The van der Waals surface area contributed by atoms with E-state index in [1.54, 1.807) is 41.6 Å². The molecule has 0 bridgehead atoms. The molecule has 1 aromatic heterocycles. The highest BCUT2D eigenvalue weighted by atomic mass is 35.5. The zero-order valence-corrected chi connectivity index (χ0v) is 18.5. The normalized spacial score (nSPS) is 15.5. The maximum atomic E-state index is 12.8. The van der Waals surface area contributed by atoms with Gasteiger partial charge in [-0.3, -0.25) is 14.2 Å². The molecule has 28 heavy (non-hydrogen) atoms. The Balaban J connectivity index is 1.74. The summed E-state index contributed by atoms with van der Waals surface area (Å²) in [6, 6.07) is 4.89. The quantitative estimate of drug-likeness (QED) is 0.498. The van der Waals surface area contributed by atoms with E-state index in [2.05, 4.69) is 17.2 Å². The SMILES string of the molecule is COCCn1c(SCC(=O)Nc2ccc(Cl)c(Cl)c2)nc2c(c1=O)S[C@@H](C)C2. The Morgan fingerprint density at radius 3 is 2.93 bits per heavy atom. The van der Waals surface area contributed by atoms with Crippen LogP contribution in [0.3, 0.4) is 0 Å². The molecule has 1 aromatic carbocycles. The summed E-state index contributed by atoms with van der Waals surface area (Å²) in [5.41, 5.74) is 1.30. The minimum absolute atomic E-state index is 0.0659. The number of benzene rings is 1. The van der Waals surface area contributed by atoms with E-state index in [0.717, 1.165) is 12.1 Å². The zero-order valence-electron chi connectivity index (χ0n) is 15.3. The van der Waals surface area contributed by atoms with E-state index in [0.29, 0.717) is 44.2 Å². The van der Waals surface area contributed by atoms with Crippen molar-refractivity contribution >= 4 is 58.3 Å². The van der Waals surface area contributed by atoms with Gasteiger partial charge in [0.05, 0.1) is 39.5 Å². The topological polar surface area (TPSA) is 73.2 Å². The first-order valence-corrected chi connectivity index (χ1v) is 11.2. The number of rotatable bonds is 7. The van der Waals surface area contributed by atoms with Gasteiger partial charge in [-0.1, -0.05) is 41.9 Å². The summed E-state index contributed by atoms with van der Waals surface area (Å²) in [5, 5.41) is 4.41. The van der Waals surface area contributed by atoms with Crippen molar-refractivity contribution in [3.05, 3.63) is 44.3 Å². The highest BCUT2D eigenvalue weighted by molar-refractivity contribution is 8.00. The van der Waals surface area contributed by atoms with Gasteiger partial charge in [-0.05, 0) is 18.2 Å². The van der Waals surface area contributed by atoms with Gasteiger partial charge in [0.2, 0.25) is 5.91 Å². The molecule has 2 heterocycles. The molecule has 0 saturated carbocycles. The lowest BCUT2D eigenvalue weighted by Gasteiger charge is -2.13. The molecule has 2 aromatic rings. The van der Waals surface area contributed by atoms with Crippen molar-refractivity contribution < 1.29 is 9.53 Å². The third kappa shape index (κ3) is 5.04. The average Bonchev–Trinajstić information content (AvgIpc) is 3.03. The van der Waals surface area contributed by atoms with Crippen molar-refractivity contribution in [3.63, 3.8) is 0 Å². The van der Waals surface area contributed by atoms with E-state index >= 15 is 0 Å². The number of carbonyl (C=O) groups excluding carboxylic acids is 1. The molecule has 1 amide bonds. The van der Waals surface area contributed by atoms with Crippen molar-refractivity contribution in [1.29, 1.82) is 0 Å². The first-order chi connectivity index (χ1) is 13.4. The van der Waals surface area contributed by atoms with Crippen LogP contribution in [0.25, 0.3) is 0 Å². The van der Waals surface area contributed by atoms with Crippen LogP contribution >= 0.6 is 46.7 Å². The molecule has 0 aliphatic carbocycles. The summed E-state index contributed by atoms with van der Waals surface area (Å²) >= 11 is 14.6. The van der Waals surface area contributed by atoms with Gasteiger partial charge in [0.15, 0.2) is 5.16 Å². The van der Waals surface area contributed by atoms with Gasteiger partial charge in [0, 0.05) is 24.5 Å². The number of nitrogens with zero attached hydrogens (tertiary/aromatic N) is 2. The van der Waals surface area contributed by atoms with Crippen molar-refractivity contribution in [2.24, 2.45) is 0 Å². The molecule has 1 aliphatic rings. The maximum absolute atomic E-state index is 12.8. The molecule has 150 valence electrons. The third-order valence-corrected chi connectivity index (χ3v) is 6.95. The molecule has 0 saturated heterocycles. The Bertz CT molecular complexity index is 952. The van der Waals surface area contributed by atoms with Crippen LogP contribution in [0.1, 0.15) is 12.6 Å². The second-order valence-electron chi connectivity index (χ2n) is 6.22. The second-order valence-corrected chi connectivity index (χ2v) is 9.42. The smallest absolute Gasteiger partial charge is 0.268 e. The monoisotopic (exact) mass is 459 g/mol. The lowest BCUT2D eigenvalue weighted by molar-refractivity contribution is -0.113. The number of fused-ring (bicyclic) bond motifs is 1. The summed E-state index contributed by atoms with van der Waals surface area (Å²) in [7, 11) is 1.58. The van der Waals surface area contributed by atoms with Crippen molar-refractivity contribution in [2.45, 2.75) is 35.2 Å². The predicted octanol–water partition coefficient (Wildman–Crippen LogP) is 3.96. The number of ether oxygens (including phenoxy) is 1. The molecule has 0 radical (unpaired) electrons. The minimum Gasteiger partial charge on any atom is -0.383 e. The van der Waals surface area contributed by atoms with E-state index < -0.39 is 0 Å². The predicted molar refractivity (Wildman–Crippen MR) is 115 cm³/mol. The summed E-state index contributed by atoms with van der Waals surface area (Å²) < 4.78 is 6.70. The van der Waals surface area contributed by atoms with Crippen LogP contribution in [-0.2, 0) is 22.5 Å². The Morgan fingerprint density at radius 1 is 1.43 bits per heavy atom. The van der Waals surface area contributed by atoms with Crippen molar-refractivity contribution in [1.82, 2.24) is 9.55 Å². The van der Waals surface area contributed by atoms with Crippen molar-refractivity contribution in [3.8, 4) is 0 Å². The van der Waals surface area contributed by atoms with Gasteiger partial charge < -0.3 is 10.1 Å². The van der Waals surface area contributed by atoms with E-state index in [4.69, 9.17) is 27.9 Å². The molecule has 3 rings (SSSR count). The largest absolute Gasteiger partial charge is 0.383 e. The Labute approximate surface area is 181 Å². The van der Waals surface area contributed by atoms with Gasteiger partial charge in [-0.15, -0.1) is 11.8 Å². The number of hydrogen-bond donors (Lipinski definition) is 1. The summed E-state index contributed by atoms with van der Waals surface area (Å²) in [6.45, 7) is 2.85. The standard InChI is InChI=1S/C18H19Cl2N3O3S2/c1-10-7-14-16(28-10)17(25)23(5-6-26-2)18(22-14)27-9-15(24)21-11-3-4-12(19)13(20)8-11/h3-4,8,10H,5-7,9H2,1-2H3,(H,21,24)/t10-/m0/s1. The van der Waals surface area contributed by atoms with Crippen LogP contribution in [0.15, 0.2) is 33.0 Å². The zero-order chi connectivity index (χ0) is 20.3. The third-order valence-electron chi connectivity index (χ3n) is 4.02. The number of thioether (sulfide) groups is 2. The summed E-state index contributed by atoms with van der Waals surface area (Å²) in [5.74, 6) is -0.111. The number of amides is 1. The molecule has 10 heteroatoms. The fourth-order valence-electron chi connectivity index (χ4n) is 2.72. The van der Waals surface area contributed by atoms with Gasteiger partial charge in [0.1, 0.15) is 0 Å². The highest BCUT2D eigenvalue weighted by Gasteiger charge is 2.26. The molecule has 1 aliphatic heterocycles. The first-order valence-electron chi connectivity index (χ1n) is 8.56. The van der Waals surface area contributed by atoms with Crippen LogP contribution < -0.4 is 10.9 Å². The fraction of sp³-hybridized carbons (Fsp3) is 0.389. The first kappa shape index (κ1) is 21.5. The number of anilines is 1. The number of nitrogens with one attached hydrogen (secondary N) is 1. The summed E-state index contributed by atoms with van der Waals surface area (Å²) in [4.78, 5) is 30.5. The molecule has 0 spiro atoms. The molecule has 0 fully saturated rings. The number of methoxy groups -OCH3 is 1. The molecule has 0 unspecified atom stereocenters. The van der Waals surface area contributed by atoms with Crippen LogP contribution in [-0.4, -0.2) is 40.2 Å². The van der Waals surface area contributed by atoms with Crippen LogP contribution in [0.4, 0.5) is 5.69 Å². The molecule has 6 nitrogen and oxygen atoms in total. The maximum Gasteiger partial charge on any atom is 0.268 e. The average molecular weight is 460 g/mol. The Kier molecular flexibility index (Phi) is 7.33. The highest BCUT2D eigenvalue weighted by Crippen LogP contribution is 2.34. The molecule has 1 N–H and O–H groups in total. The van der Waals surface area contributed by atoms with E-state index in [9.17, 15) is 9.59 Å². The summed E-state index contributed by atoms with van der Waals surface area (Å²) in [6.07, 6.45) is 0.753. The Morgan fingerprint density at radius 2 is 2.21 bits per heavy atom. The minimum atomic E-state index is -0.223. The Hall–Kier alpha value is -1.19. The fourth-order valence-corrected chi connectivity index (χ4v) is 4.98. The number of carbonyl (C=O) groups is 1. The van der Waals surface area contributed by atoms with Gasteiger partial charge in [-0.25, -0.2) is 4.98 Å².